The fourth-order valence-corrected chi connectivity index (χ4v) is 3.34. The molecule has 1 aliphatic rings. The average Bonchev–Trinajstić information content (AvgIpc) is 2.50. The molecule has 0 amide bonds. The van der Waals surface area contributed by atoms with Gasteiger partial charge in [0.15, 0.2) is 0 Å². The minimum Gasteiger partial charge on any atom is -0.233 e. The van der Waals surface area contributed by atoms with E-state index >= 15 is 0 Å². The lowest BCUT2D eigenvalue weighted by molar-refractivity contribution is 0.0408. The Labute approximate surface area is 114 Å². The van der Waals surface area contributed by atoms with E-state index in [0.29, 0.717) is 0 Å². The summed E-state index contributed by atoms with van der Waals surface area (Å²) in [5, 5.41) is 11.7. The Hall–Kier alpha value is -1.60. The predicted octanol–water partition coefficient (Wildman–Crippen LogP) is 4.35. The highest BCUT2D eigenvalue weighted by Crippen LogP contribution is 2.44. The molecular formula is C18H19O. The summed E-state index contributed by atoms with van der Waals surface area (Å²) in [6.45, 7) is 0. The van der Waals surface area contributed by atoms with Crippen LogP contribution in [0.1, 0.15) is 36.8 Å². The molecular weight excluding hydrogens is 232 g/mol. The molecule has 0 saturated heterocycles. The standard InChI is InChI=1S/C18H19O/c19-17-11-13-18(14-12-17,15-7-3-1-4-8-15)16-9-5-2-6-10-16/h1-10,17H,11-14H2. The zero-order valence-corrected chi connectivity index (χ0v) is 11.1. The van der Waals surface area contributed by atoms with Crippen molar-refractivity contribution in [1.82, 2.24) is 0 Å². The third-order valence-corrected chi connectivity index (χ3v) is 4.44. The second-order valence-corrected chi connectivity index (χ2v) is 5.51. The van der Waals surface area contributed by atoms with Crippen LogP contribution in [0.3, 0.4) is 0 Å². The molecule has 0 atom stereocenters. The fourth-order valence-electron chi connectivity index (χ4n) is 3.34. The second kappa shape index (κ2) is 5.18. The van der Waals surface area contributed by atoms with Crippen LogP contribution in [0.2, 0.25) is 0 Å². The summed E-state index contributed by atoms with van der Waals surface area (Å²) in [5.74, 6) is 0. The van der Waals surface area contributed by atoms with Crippen LogP contribution >= 0.6 is 0 Å². The summed E-state index contributed by atoms with van der Waals surface area (Å²) in [5.41, 5.74) is 2.75. The van der Waals surface area contributed by atoms with E-state index < -0.39 is 0 Å². The van der Waals surface area contributed by atoms with E-state index in [0.717, 1.165) is 25.7 Å². The van der Waals surface area contributed by atoms with E-state index in [-0.39, 0.29) is 11.5 Å². The Balaban J connectivity index is 2.06. The Kier molecular flexibility index (Phi) is 3.39. The van der Waals surface area contributed by atoms with Crippen molar-refractivity contribution in [3.63, 3.8) is 0 Å². The Bertz CT molecular complexity index is 468. The molecule has 1 fully saturated rings. The van der Waals surface area contributed by atoms with Gasteiger partial charge in [0.05, 0.1) is 6.10 Å². The quantitative estimate of drug-likeness (QED) is 0.756. The molecule has 0 aliphatic heterocycles. The van der Waals surface area contributed by atoms with Gasteiger partial charge in [-0.1, -0.05) is 60.7 Å². The summed E-state index contributed by atoms with van der Waals surface area (Å²) in [4.78, 5) is 0. The first-order valence-electron chi connectivity index (χ1n) is 7.08. The molecule has 0 unspecified atom stereocenters. The molecule has 97 valence electrons. The predicted molar refractivity (Wildman–Crippen MR) is 76.6 cm³/mol. The van der Waals surface area contributed by atoms with E-state index in [1.54, 1.807) is 0 Å². The van der Waals surface area contributed by atoms with Gasteiger partial charge in [-0.05, 0) is 36.8 Å². The van der Waals surface area contributed by atoms with Gasteiger partial charge in [0, 0.05) is 5.41 Å². The van der Waals surface area contributed by atoms with Gasteiger partial charge in [-0.25, -0.2) is 5.11 Å². The first kappa shape index (κ1) is 12.4. The molecule has 1 nitrogen and oxygen atoms in total. The van der Waals surface area contributed by atoms with Crippen molar-refractivity contribution in [2.24, 2.45) is 0 Å². The molecule has 0 bridgehead atoms. The number of rotatable bonds is 2. The summed E-state index contributed by atoms with van der Waals surface area (Å²) in [7, 11) is 0. The van der Waals surface area contributed by atoms with Gasteiger partial charge in [0.25, 0.3) is 0 Å². The molecule has 1 heteroatoms. The molecule has 0 spiro atoms. The van der Waals surface area contributed by atoms with Crippen molar-refractivity contribution in [2.45, 2.75) is 37.2 Å². The van der Waals surface area contributed by atoms with Crippen LogP contribution in [0.5, 0.6) is 0 Å². The van der Waals surface area contributed by atoms with Crippen LogP contribution in [-0.4, -0.2) is 6.10 Å². The summed E-state index contributed by atoms with van der Waals surface area (Å²) in [6.07, 6.45) is 3.12. The van der Waals surface area contributed by atoms with E-state index in [4.69, 9.17) is 0 Å². The highest BCUT2D eigenvalue weighted by atomic mass is 16.3. The van der Waals surface area contributed by atoms with Gasteiger partial charge < -0.3 is 0 Å². The smallest absolute Gasteiger partial charge is 0.0931 e. The maximum Gasteiger partial charge on any atom is 0.0931 e. The van der Waals surface area contributed by atoms with Crippen LogP contribution in [-0.2, 0) is 10.5 Å². The van der Waals surface area contributed by atoms with Crippen molar-refractivity contribution in [3.8, 4) is 0 Å². The number of hydrogen-bond donors (Lipinski definition) is 0. The third-order valence-electron chi connectivity index (χ3n) is 4.44. The molecule has 2 aromatic carbocycles. The van der Waals surface area contributed by atoms with Gasteiger partial charge in [-0.3, -0.25) is 0 Å². The van der Waals surface area contributed by atoms with Gasteiger partial charge in [0.1, 0.15) is 0 Å². The largest absolute Gasteiger partial charge is 0.233 e. The van der Waals surface area contributed by atoms with Gasteiger partial charge in [-0.15, -0.1) is 0 Å². The first-order chi connectivity index (χ1) is 9.31. The van der Waals surface area contributed by atoms with E-state index in [1.165, 1.54) is 11.1 Å². The molecule has 2 aromatic rings. The zero-order valence-electron chi connectivity index (χ0n) is 11.1. The Morgan fingerprint density at radius 1 is 0.737 bits per heavy atom. The maximum absolute atomic E-state index is 11.7. The molecule has 19 heavy (non-hydrogen) atoms. The lowest BCUT2D eigenvalue weighted by Crippen LogP contribution is -2.34. The Morgan fingerprint density at radius 3 is 1.58 bits per heavy atom. The minimum absolute atomic E-state index is 0.0451. The Morgan fingerprint density at radius 2 is 1.16 bits per heavy atom. The van der Waals surface area contributed by atoms with Crippen molar-refractivity contribution >= 4 is 0 Å². The average molecular weight is 251 g/mol. The minimum atomic E-state index is -0.374. The molecule has 3 rings (SSSR count). The van der Waals surface area contributed by atoms with E-state index in [9.17, 15) is 5.11 Å². The number of hydrogen-bond acceptors (Lipinski definition) is 0. The molecule has 0 heterocycles. The monoisotopic (exact) mass is 251 g/mol. The van der Waals surface area contributed by atoms with Crippen molar-refractivity contribution in [1.29, 1.82) is 0 Å². The summed E-state index contributed by atoms with van der Waals surface area (Å²) in [6, 6.07) is 21.3. The van der Waals surface area contributed by atoms with Gasteiger partial charge in [0.2, 0.25) is 0 Å². The lowest BCUT2D eigenvalue weighted by atomic mass is 9.65. The third kappa shape index (κ3) is 2.31. The topological polar surface area (TPSA) is 19.9 Å². The van der Waals surface area contributed by atoms with Crippen LogP contribution in [0, 0.1) is 0 Å². The maximum atomic E-state index is 11.7. The lowest BCUT2D eigenvalue weighted by Gasteiger charge is -2.39. The van der Waals surface area contributed by atoms with Crippen LogP contribution in [0.25, 0.3) is 0 Å². The van der Waals surface area contributed by atoms with Crippen molar-refractivity contribution < 1.29 is 5.11 Å². The molecule has 1 saturated carbocycles. The van der Waals surface area contributed by atoms with Gasteiger partial charge in [-0.2, -0.15) is 0 Å². The molecule has 1 radical (unpaired) electrons. The molecule has 0 aromatic heterocycles. The molecule has 0 N–H and O–H groups in total. The normalized spacial score (nSPS) is 19.2. The van der Waals surface area contributed by atoms with Crippen LogP contribution in [0.4, 0.5) is 0 Å². The van der Waals surface area contributed by atoms with Gasteiger partial charge >= 0.3 is 0 Å². The summed E-state index contributed by atoms with van der Waals surface area (Å²) >= 11 is 0. The highest BCUT2D eigenvalue weighted by molar-refractivity contribution is 5.39. The van der Waals surface area contributed by atoms with Crippen molar-refractivity contribution in [3.05, 3.63) is 71.8 Å². The van der Waals surface area contributed by atoms with E-state index in [2.05, 4.69) is 60.7 Å². The number of benzene rings is 2. The van der Waals surface area contributed by atoms with Crippen molar-refractivity contribution in [2.75, 3.05) is 0 Å². The SMILES string of the molecule is [O]C1CCC(c2ccccc2)(c2ccccc2)CC1. The van der Waals surface area contributed by atoms with E-state index in [1.807, 2.05) is 0 Å². The fraction of sp³-hybridized carbons (Fsp3) is 0.333. The highest BCUT2D eigenvalue weighted by Gasteiger charge is 2.38. The second-order valence-electron chi connectivity index (χ2n) is 5.51. The first-order valence-corrected chi connectivity index (χ1v) is 7.08. The zero-order chi connectivity index (χ0) is 13.1. The molecule has 1 aliphatic carbocycles. The van der Waals surface area contributed by atoms with Crippen LogP contribution < -0.4 is 0 Å². The van der Waals surface area contributed by atoms with Crippen LogP contribution in [0.15, 0.2) is 60.7 Å². The summed E-state index contributed by atoms with van der Waals surface area (Å²) < 4.78 is 0.